The van der Waals surface area contributed by atoms with E-state index in [2.05, 4.69) is 16.5 Å². The molecule has 8 nitrogen and oxygen atoms in total. The molecule has 2 aromatic heterocycles. The van der Waals surface area contributed by atoms with E-state index in [1.165, 1.54) is 0 Å². The number of para-hydroxylation sites is 2. The number of carbonyl (C=O) groups excluding carboxylic acids is 2. The summed E-state index contributed by atoms with van der Waals surface area (Å²) in [5.41, 5.74) is 2.76. The van der Waals surface area contributed by atoms with Gasteiger partial charge >= 0.3 is 11.9 Å². The zero-order chi connectivity index (χ0) is 33.8. The molecule has 0 unspecified atom stereocenters. The summed E-state index contributed by atoms with van der Waals surface area (Å²) in [6, 6.07) is 27.0. The molecule has 3 aliphatic rings. The molecule has 0 aliphatic heterocycles. The quantitative estimate of drug-likeness (QED) is 0.152. The van der Waals surface area contributed by atoms with Crippen LogP contribution in [-0.2, 0) is 19.3 Å². The highest BCUT2D eigenvalue weighted by molar-refractivity contribution is 7.95. The van der Waals surface area contributed by atoms with E-state index in [0.717, 1.165) is 59.5 Å². The first kappa shape index (κ1) is 31.4. The second kappa shape index (κ2) is 11.9. The van der Waals surface area contributed by atoms with E-state index >= 15 is 0 Å². The third-order valence-corrected chi connectivity index (χ3v) is 12.7. The van der Waals surface area contributed by atoms with Gasteiger partial charge in [-0.2, -0.15) is 0 Å². The molecule has 2 N–H and O–H groups in total. The van der Waals surface area contributed by atoms with E-state index in [9.17, 15) is 18.0 Å². The Bertz CT molecular complexity index is 2100. The average Bonchev–Trinajstić information content (AvgIpc) is 3.51. The molecule has 1 atom stereocenters. The van der Waals surface area contributed by atoms with Gasteiger partial charge in [0.15, 0.2) is 0 Å². The summed E-state index contributed by atoms with van der Waals surface area (Å²) in [5.74, 6) is -1.02. The minimum atomic E-state index is -3.96. The molecule has 0 amide bonds. The summed E-state index contributed by atoms with van der Waals surface area (Å²) in [6.07, 6.45) is 5.79. The predicted molar refractivity (Wildman–Crippen MR) is 188 cm³/mol. The summed E-state index contributed by atoms with van der Waals surface area (Å²) in [6.45, 7) is 4.14. The Hall–Kier alpha value is -4.89. The minimum absolute atomic E-state index is 0.0468. The number of hydrogen-bond acceptors (Lipinski definition) is 6. The van der Waals surface area contributed by atoms with Crippen molar-refractivity contribution in [2.75, 3.05) is 13.2 Å². The molecule has 0 radical (unpaired) electrons. The van der Waals surface area contributed by atoms with Crippen LogP contribution in [0.15, 0.2) is 119 Å². The number of ether oxygens (including phenoxy) is 2. The van der Waals surface area contributed by atoms with Gasteiger partial charge in [-0.3, -0.25) is 0 Å². The van der Waals surface area contributed by atoms with Crippen molar-refractivity contribution in [2.45, 2.75) is 49.8 Å². The summed E-state index contributed by atoms with van der Waals surface area (Å²) < 4.78 is 41.1. The van der Waals surface area contributed by atoms with Crippen LogP contribution in [-0.4, -0.2) is 43.5 Å². The van der Waals surface area contributed by atoms with E-state index < -0.39 is 27.2 Å². The molecule has 49 heavy (non-hydrogen) atoms. The Morgan fingerprint density at radius 1 is 0.755 bits per heavy atom. The molecule has 250 valence electrons. The number of sulfone groups is 1. The van der Waals surface area contributed by atoms with Crippen LogP contribution in [0, 0.1) is 16.7 Å². The summed E-state index contributed by atoms with van der Waals surface area (Å²) in [5, 5.41) is 1.74. The van der Waals surface area contributed by atoms with Crippen LogP contribution in [0.25, 0.3) is 21.8 Å². The Morgan fingerprint density at radius 2 is 1.29 bits per heavy atom. The van der Waals surface area contributed by atoms with Gasteiger partial charge in [-0.15, -0.1) is 0 Å². The number of nitrogens with one attached hydrogen (secondary N) is 2. The van der Waals surface area contributed by atoms with Gasteiger partial charge in [0.25, 0.3) is 0 Å². The van der Waals surface area contributed by atoms with Gasteiger partial charge in [-0.05, 0) is 91.0 Å². The number of esters is 2. The number of hydrogen-bond donors (Lipinski definition) is 2. The van der Waals surface area contributed by atoms with E-state index in [1.807, 2.05) is 48.5 Å². The molecule has 3 aromatic carbocycles. The fourth-order valence-corrected chi connectivity index (χ4v) is 10.1. The van der Waals surface area contributed by atoms with E-state index in [-0.39, 0.29) is 47.3 Å². The Balaban J connectivity index is 1.15. The number of aromatic nitrogens is 2. The van der Waals surface area contributed by atoms with Gasteiger partial charge in [0.1, 0.15) is 24.6 Å². The van der Waals surface area contributed by atoms with Crippen LogP contribution < -0.4 is 0 Å². The maximum atomic E-state index is 14.6. The number of carbonyl (C=O) groups is 2. The van der Waals surface area contributed by atoms with Crippen molar-refractivity contribution in [3.63, 3.8) is 0 Å². The van der Waals surface area contributed by atoms with Gasteiger partial charge in [0, 0.05) is 27.2 Å². The lowest BCUT2D eigenvalue weighted by Gasteiger charge is -2.39. The molecule has 0 saturated heterocycles. The van der Waals surface area contributed by atoms with Gasteiger partial charge in [-0.25, -0.2) is 18.0 Å². The highest BCUT2D eigenvalue weighted by atomic mass is 32.2. The van der Waals surface area contributed by atoms with Crippen LogP contribution in [0.4, 0.5) is 0 Å². The normalized spacial score (nSPS) is 19.8. The highest BCUT2D eigenvalue weighted by Gasteiger charge is 2.59. The number of allylic oxidation sites excluding steroid dienone is 3. The number of benzene rings is 3. The zero-order valence-corrected chi connectivity index (χ0v) is 28.0. The molecular formula is C40H38N2O6S. The standard InChI is InChI=1S/C40H38N2O6S/c1-26-21-39(24-47-37(43)33-19-27-11-5-7-15-31(27)41-33,25-48-38(44)34-20-28-12-6-8-16-32(28)42-34)23-35(49(45,46)29-13-3-2-4-14-29)36(26)30-22-40(30)17-9-10-18-40/h2-8,11-16,19-20,30,41-42H,1,9-10,17-18,21-25H2/t30-/m0/s1. The van der Waals surface area contributed by atoms with Crippen molar-refractivity contribution in [1.82, 2.24) is 9.97 Å². The number of rotatable bonds is 9. The first-order chi connectivity index (χ1) is 23.7. The van der Waals surface area contributed by atoms with Crippen molar-refractivity contribution in [3.05, 3.63) is 125 Å². The Morgan fingerprint density at radius 3 is 1.84 bits per heavy atom. The number of H-pyrrole nitrogens is 2. The van der Waals surface area contributed by atoms with E-state index in [4.69, 9.17) is 9.47 Å². The molecule has 9 heteroatoms. The predicted octanol–water partition coefficient (Wildman–Crippen LogP) is 8.31. The van der Waals surface area contributed by atoms with Crippen LogP contribution in [0.3, 0.4) is 0 Å². The maximum Gasteiger partial charge on any atom is 0.354 e. The first-order valence-corrected chi connectivity index (χ1v) is 18.4. The van der Waals surface area contributed by atoms with Crippen molar-refractivity contribution in [1.29, 1.82) is 0 Å². The number of aromatic amines is 2. The van der Waals surface area contributed by atoms with Gasteiger partial charge < -0.3 is 19.4 Å². The second-order valence-electron chi connectivity index (χ2n) is 14.1. The smallest absolute Gasteiger partial charge is 0.354 e. The van der Waals surface area contributed by atoms with Crippen LogP contribution >= 0.6 is 0 Å². The van der Waals surface area contributed by atoms with Crippen LogP contribution in [0.5, 0.6) is 0 Å². The largest absolute Gasteiger partial charge is 0.460 e. The van der Waals surface area contributed by atoms with Gasteiger partial charge in [-0.1, -0.05) is 74.0 Å². The minimum Gasteiger partial charge on any atom is -0.460 e. The highest BCUT2D eigenvalue weighted by Crippen LogP contribution is 2.68. The lowest BCUT2D eigenvalue weighted by Crippen LogP contribution is -2.39. The molecule has 3 aliphatic carbocycles. The number of fused-ring (bicyclic) bond motifs is 2. The lowest BCUT2D eigenvalue weighted by molar-refractivity contribution is -0.00670. The second-order valence-corrected chi connectivity index (χ2v) is 16.1. The molecule has 2 saturated carbocycles. The molecule has 8 rings (SSSR count). The lowest BCUT2D eigenvalue weighted by atomic mass is 9.72. The summed E-state index contributed by atoms with van der Waals surface area (Å²) in [7, 11) is -3.96. The molecule has 2 heterocycles. The van der Waals surface area contributed by atoms with Gasteiger partial charge in [0.05, 0.1) is 9.80 Å². The molecule has 2 fully saturated rings. The maximum absolute atomic E-state index is 14.6. The summed E-state index contributed by atoms with van der Waals surface area (Å²) in [4.78, 5) is 33.7. The third-order valence-electron chi connectivity index (χ3n) is 10.8. The fraction of sp³-hybridized carbons (Fsp3) is 0.300. The van der Waals surface area contributed by atoms with E-state index in [0.29, 0.717) is 16.9 Å². The zero-order valence-electron chi connectivity index (χ0n) is 27.2. The Labute approximate surface area is 285 Å². The first-order valence-electron chi connectivity index (χ1n) is 16.9. The van der Waals surface area contributed by atoms with Crippen molar-refractivity contribution in [3.8, 4) is 0 Å². The third kappa shape index (κ3) is 5.69. The molecule has 1 spiro atoms. The molecular weight excluding hydrogens is 637 g/mol. The monoisotopic (exact) mass is 674 g/mol. The van der Waals surface area contributed by atoms with Crippen LogP contribution in [0.2, 0.25) is 0 Å². The topological polar surface area (TPSA) is 118 Å². The SMILES string of the molecule is C=C1CC(COC(=O)c2cc3ccccc3[nH]2)(COC(=O)c2cc3ccccc3[nH]2)CC(S(=O)(=O)c2ccccc2)=C1[C@@H]1CC12CCCC2. The van der Waals surface area contributed by atoms with E-state index in [1.54, 1.807) is 42.5 Å². The fourth-order valence-electron chi connectivity index (χ4n) is 8.26. The van der Waals surface area contributed by atoms with Crippen molar-refractivity contribution in [2.24, 2.45) is 16.7 Å². The molecule has 0 bridgehead atoms. The molecule has 5 aromatic rings. The Kier molecular flexibility index (Phi) is 7.63. The summed E-state index contributed by atoms with van der Waals surface area (Å²) >= 11 is 0. The van der Waals surface area contributed by atoms with Crippen molar-refractivity contribution < 1.29 is 27.5 Å². The van der Waals surface area contributed by atoms with Crippen molar-refractivity contribution >= 4 is 43.6 Å². The average molecular weight is 675 g/mol. The van der Waals surface area contributed by atoms with Crippen LogP contribution in [0.1, 0.15) is 65.9 Å². The van der Waals surface area contributed by atoms with Gasteiger partial charge in [0.2, 0.25) is 9.84 Å².